The van der Waals surface area contributed by atoms with Crippen molar-refractivity contribution in [1.82, 2.24) is 20.0 Å². The van der Waals surface area contributed by atoms with E-state index in [9.17, 15) is 8.42 Å². The molecule has 0 saturated carbocycles. The third-order valence-corrected chi connectivity index (χ3v) is 6.06. The highest BCUT2D eigenvalue weighted by Gasteiger charge is 2.25. The number of hydrogen-bond donors (Lipinski definition) is 2. The summed E-state index contributed by atoms with van der Waals surface area (Å²) in [5.41, 5.74) is 3.78. The highest BCUT2D eigenvalue weighted by Crippen LogP contribution is 2.26. The first kappa shape index (κ1) is 18.5. The zero-order valence-electron chi connectivity index (χ0n) is 15.0. The van der Waals surface area contributed by atoms with Crippen LogP contribution in [-0.2, 0) is 16.6 Å². The number of halogens is 1. The largest absolute Gasteiger partial charge is 0.281 e. The molecule has 0 saturated heterocycles. The number of nitrogens with one attached hydrogen (secondary N) is 2. The molecule has 26 heavy (non-hydrogen) atoms. The molecule has 2 N–H and O–H groups in total. The van der Waals surface area contributed by atoms with Crippen LogP contribution in [0.3, 0.4) is 0 Å². The van der Waals surface area contributed by atoms with Crippen molar-refractivity contribution >= 4 is 27.3 Å². The molecule has 0 radical (unpaired) electrons. The van der Waals surface area contributed by atoms with Gasteiger partial charge in [-0.05, 0) is 45.4 Å². The third-order valence-electron chi connectivity index (χ3n) is 4.19. The summed E-state index contributed by atoms with van der Waals surface area (Å²) in [6, 6.07) is 7.47. The van der Waals surface area contributed by atoms with Crippen LogP contribution in [0.4, 0.5) is 5.69 Å². The highest BCUT2D eigenvalue weighted by atomic mass is 35.5. The molecule has 0 bridgehead atoms. The number of anilines is 1. The molecule has 9 heteroatoms. The smallest absolute Gasteiger partial charge is 0.265 e. The molecule has 0 amide bonds. The van der Waals surface area contributed by atoms with Crippen LogP contribution in [-0.4, -0.2) is 28.4 Å². The van der Waals surface area contributed by atoms with Crippen molar-refractivity contribution in [3.8, 4) is 0 Å². The molecule has 2 aromatic heterocycles. The van der Waals surface area contributed by atoms with Crippen LogP contribution >= 0.6 is 11.6 Å². The first-order valence-electron chi connectivity index (χ1n) is 8.02. The van der Waals surface area contributed by atoms with Gasteiger partial charge >= 0.3 is 0 Å². The molecule has 3 aromatic rings. The molecule has 0 aliphatic rings. The standard InChI is InChI=1S/C17H20ClN5O2S/c1-10-16(22-26(24,25)17-11(2)19-20-12(17)3)13(4)23(21-10)9-14-5-7-15(18)8-6-14/h5-8,22H,9H2,1-4H3,(H,19,20). The maximum Gasteiger partial charge on any atom is 0.265 e. The summed E-state index contributed by atoms with van der Waals surface area (Å²) in [6.45, 7) is 7.47. The second-order valence-corrected chi connectivity index (χ2v) is 8.25. The molecule has 0 unspecified atom stereocenters. The van der Waals surface area contributed by atoms with Gasteiger partial charge in [0.25, 0.3) is 10.0 Å². The van der Waals surface area contributed by atoms with Crippen LogP contribution in [0.15, 0.2) is 29.2 Å². The monoisotopic (exact) mass is 393 g/mol. The van der Waals surface area contributed by atoms with E-state index >= 15 is 0 Å². The Morgan fingerprint density at radius 2 is 1.77 bits per heavy atom. The predicted molar refractivity (Wildman–Crippen MR) is 101 cm³/mol. The molecule has 1 aromatic carbocycles. The van der Waals surface area contributed by atoms with Crippen LogP contribution in [0.2, 0.25) is 5.02 Å². The lowest BCUT2D eigenvalue weighted by molar-refractivity contribution is 0.600. The molecular weight excluding hydrogens is 374 g/mol. The van der Waals surface area contributed by atoms with E-state index < -0.39 is 10.0 Å². The minimum atomic E-state index is -3.76. The maximum atomic E-state index is 12.8. The van der Waals surface area contributed by atoms with Crippen molar-refractivity contribution in [3.05, 3.63) is 57.6 Å². The Morgan fingerprint density at radius 1 is 1.12 bits per heavy atom. The van der Waals surface area contributed by atoms with Gasteiger partial charge in [0.1, 0.15) is 4.90 Å². The second kappa shape index (κ2) is 6.77. The van der Waals surface area contributed by atoms with Crippen molar-refractivity contribution in [3.63, 3.8) is 0 Å². The van der Waals surface area contributed by atoms with E-state index in [-0.39, 0.29) is 4.90 Å². The highest BCUT2D eigenvalue weighted by molar-refractivity contribution is 7.92. The normalized spacial score (nSPS) is 11.7. The lowest BCUT2D eigenvalue weighted by Gasteiger charge is -2.09. The van der Waals surface area contributed by atoms with Crippen LogP contribution in [0.1, 0.15) is 28.3 Å². The number of rotatable bonds is 5. The number of aromatic nitrogens is 4. The van der Waals surface area contributed by atoms with Crippen molar-refractivity contribution in [2.75, 3.05) is 4.72 Å². The predicted octanol–water partition coefficient (Wildman–Crippen LogP) is 3.34. The molecule has 0 aliphatic carbocycles. The van der Waals surface area contributed by atoms with E-state index in [0.29, 0.717) is 34.3 Å². The van der Waals surface area contributed by atoms with Gasteiger partial charge in [0, 0.05) is 5.02 Å². The molecule has 0 spiro atoms. The summed E-state index contributed by atoms with van der Waals surface area (Å²) in [5.74, 6) is 0. The number of benzene rings is 1. The van der Waals surface area contributed by atoms with Gasteiger partial charge < -0.3 is 0 Å². The Balaban J connectivity index is 1.92. The number of sulfonamides is 1. The van der Waals surface area contributed by atoms with E-state index in [2.05, 4.69) is 20.0 Å². The molecule has 0 atom stereocenters. The number of H-pyrrole nitrogens is 1. The summed E-state index contributed by atoms with van der Waals surface area (Å²) in [7, 11) is -3.76. The summed E-state index contributed by atoms with van der Waals surface area (Å²) < 4.78 is 30.0. The molecule has 0 fully saturated rings. The zero-order valence-corrected chi connectivity index (χ0v) is 16.5. The Hall–Kier alpha value is -2.32. The van der Waals surface area contributed by atoms with Crippen LogP contribution in [0.5, 0.6) is 0 Å². The van der Waals surface area contributed by atoms with Crippen LogP contribution < -0.4 is 4.72 Å². The first-order chi connectivity index (χ1) is 12.2. The third kappa shape index (κ3) is 3.47. The SMILES string of the molecule is Cc1nn(Cc2ccc(Cl)cc2)c(C)c1NS(=O)(=O)c1c(C)n[nH]c1C. The summed E-state index contributed by atoms with van der Waals surface area (Å²) in [6.07, 6.45) is 0. The lowest BCUT2D eigenvalue weighted by atomic mass is 10.2. The molecular formula is C17H20ClN5O2S. The Morgan fingerprint density at radius 3 is 2.35 bits per heavy atom. The van der Waals surface area contributed by atoms with Gasteiger partial charge in [0.05, 0.1) is 35.0 Å². The van der Waals surface area contributed by atoms with Gasteiger partial charge in [-0.25, -0.2) is 8.42 Å². The number of nitrogens with zero attached hydrogens (tertiary/aromatic N) is 3. The molecule has 3 rings (SSSR count). The lowest BCUT2D eigenvalue weighted by Crippen LogP contribution is -2.16. The van der Waals surface area contributed by atoms with Crippen LogP contribution in [0.25, 0.3) is 0 Å². The molecule has 138 valence electrons. The molecule has 2 heterocycles. The van der Waals surface area contributed by atoms with E-state index in [1.807, 2.05) is 31.2 Å². The minimum Gasteiger partial charge on any atom is -0.281 e. The van der Waals surface area contributed by atoms with Gasteiger partial charge in [-0.1, -0.05) is 23.7 Å². The average molecular weight is 394 g/mol. The Kier molecular flexibility index (Phi) is 4.81. The van der Waals surface area contributed by atoms with Gasteiger partial charge in [-0.2, -0.15) is 10.2 Å². The van der Waals surface area contributed by atoms with Crippen molar-refractivity contribution in [1.29, 1.82) is 0 Å². The van der Waals surface area contributed by atoms with Gasteiger partial charge in [0.15, 0.2) is 0 Å². The molecule has 7 nitrogen and oxygen atoms in total. The summed E-state index contributed by atoms with van der Waals surface area (Å²) in [4.78, 5) is 0.168. The fourth-order valence-corrected chi connectivity index (χ4v) is 4.56. The van der Waals surface area contributed by atoms with Gasteiger partial charge in [0.2, 0.25) is 0 Å². The average Bonchev–Trinajstić information content (AvgIpc) is 3.04. The van der Waals surface area contributed by atoms with Crippen molar-refractivity contribution < 1.29 is 8.42 Å². The van der Waals surface area contributed by atoms with E-state index in [0.717, 1.165) is 11.3 Å². The van der Waals surface area contributed by atoms with Gasteiger partial charge in [-0.15, -0.1) is 0 Å². The fraction of sp³-hybridized carbons (Fsp3) is 0.294. The Labute approximate surface area is 157 Å². The van der Waals surface area contributed by atoms with E-state index in [1.165, 1.54) is 0 Å². The summed E-state index contributed by atoms with van der Waals surface area (Å²) in [5, 5.41) is 11.8. The summed E-state index contributed by atoms with van der Waals surface area (Å²) >= 11 is 5.92. The van der Waals surface area contributed by atoms with Crippen LogP contribution in [0, 0.1) is 27.7 Å². The quantitative estimate of drug-likeness (QED) is 0.695. The second-order valence-electron chi connectivity index (χ2n) is 6.20. The van der Waals surface area contributed by atoms with E-state index in [4.69, 9.17) is 11.6 Å². The van der Waals surface area contributed by atoms with Crippen molar-refractivity contribution in [2.45, 2.75) is 39.1 Å². The number of hydrogen-bond acceptors (Lipinski definition) is 4. The number of aryl methyl sites for hydroxylation is 3. The topological polar surface area (TPSA) is 92.7 Å². The maximum absolute atomic E-state index is 12.8. The molecule has 0 aliphatic heterocycles. The first-order valence-corrected chi connectivity index (χ1v) is 9.88. The van der Waals surface area contributed by atoms with Gasteiger partial charge in [-0.3, -0.25) is 14.5 Å². The van der Waals surface area contributed by atoms with E-state index in [1.54, 1.807) is 25.5 Å². The minimum absolute atomic E-state index is 0.168. The number of aromatic amines is 1. The fourth-order valence-electron chi connectivity index (χ4n) is 2.88. The zero-order chi connectivity index (χ0) is 19.1. The Bertz CT molecular complexity index is 1030. The van der Waals surface area contributed by atoms with Crippen molar-refractivity contribution in [2.24, 2.45) is 0 Å².